The lowest BCUT2D eigenvalue weighted by atomic mass is 9.94. The SMILES string of the molecule is CCCc1ccc(C(=O)C(F)(F)C(F)(F)F)cc1CCC. The van der Waals surface area contributed by atoms with Crippen LogP contribution in [0.5, 0.6) is 0 Å². The van der Waals surface area contributed by atoms with Gasteiger partial charge in [-0.15, -0.1) is 0 Å². The molecular formula is C15H17F5O. The van der Waals surface area contributed by atoms with Crippen LogP contribution in [0.15, 0.2) is 18.2 Å². The predicted octanol–water partition coefficient (Wildman–Crippen LogP) is 4.97. The van der Waals surface area contributed by atoms with Crippen LogP contribution in [0.25, 0.3) is 0 Å². The van der Waals surface area contributed by atoms with Crippen LogP contribution in [0.3, 0.4) is 0 Å². The third-order valence-electron chi connectivity index (χ3n) is 3.15. The first kappa shape index (κ1) is 17.6. The predicted molar refractivity (Wildman–Crippen MR) is 69.8 cm³/mol. The number of hydrogen-bond acceptors (Lipinski definition) is 1. The number of ketones is 1. The minimum atomic E-state index is -5.88. The van der Waals surface area contributed by atoms with Gasteiger partial charge in [-0.3, -0.25) is 4.79 Å². The summed E-state index contributed by atoms with van der Waals surface area (Å²) in [6, 6.07) is 3.68. The standard InChI is InChI=1S/C15H17F5O/c1-3-5-10-7-8-12(9-11(10)6-4-2)13(21)14(16,17)15(18,19)20/h7-9H,3-6H2,1-2H3. The van der Waals surface area contributed by atoms with Crippen molar-refractivity contribution in [2.45, 2.75) is 51.6 Å². The van der Waals surface area contributed by atoms with Gasteiger partial charge < -0.3 is 0 Å². The number of halogens is 5. The molecule has 21 heavy (non-hydrogen) atoms. The number of carbonyl (C=O) groups excluding carboxylic acids is 1. The molecule has 0 spiro atoms. The van der Waals surface area contributed by atoms with Crippen molar-refractivity contribution in [2.24, 2.45) is 0 Å². The Bertz CT molecular complexity index is 505. The van der Waals surface area contributed by atoms with E-state index in [4.69, 9.17) is 0 Å². The summed E-state index contributed by atoms with van der Waals surface area (Å²) in [5.74, 6) is -7.56. The van der Waals surface area contributed by atoms with E-state index >= 15 is 0 Å². The van der Waals surface area contributed by atoms with Gasteiger partial charge in [0.2, 0.25) is 5.78 Å². The quantitative estimate of drug-likeness (QED) is 0.535. The molecule has 0 saturated carbocycles. The minimum absolute atomic E-state index is 0.536. The molecule has 1 nitrogen and oxygen atoms in total. The molecule has 0 fully saturated rings. The van der Waals surface area contributed by atoms with Crippen molar-refractivity contribution < 1.29 is 26.7 Å². The molecular weight excluding hydrogens is 291 g/mol. The maximum absolute atomic E-state index is 13.1. The summed E-state index contributed by atoms with van der Waals surface area (Å²) in [5.41, 5.74) is 0.940. The highest BCUT2D eigenvalue weighted by atomic mass is 19.4. The monoisotopic (exact) mass is 308 g/mol. The van der Waals surface area contributed by atoms with Gasteiger partial charge >= 0.3 is 12.1 Å². The molecule has 0 aromatic heterocycles. The van der Waals surface area contributed by atoms with Crippen molar-refractivity contribution in [2.75, 3.05) is 0 Å². The molecule has 0 heterocycles. The summed E-state index contributed by atoms with van der Waals surface area (Å²) >= 11 is 0. The lowest BCUT2D eigenvalue weighted by molar-refractivity contribution is -0.255. The average Bonchev–Trinajstić information content (AvgIpc) is 2.39. The number of Topliss-reactive ketones (excluding diaryl/α,β-unsaturated/α-hetero) is 1. The van der Waals surface area contributed by atoms with Crippen LogP contribution >= 0.6 is 0 Å². The Morgan fingerprint density at radius 2 is 1.48 bits per heavy atom. The molecule has 0 aliphatic heterocycles. The molecule has 1 aromatic carbocycles. The highest BCUT2D eigenvalue weighted by Gasteiger charge is 2.63. The number of carbonyl (C=O) groups is 1. The van der Waals surface area contributed by atoms with Crippen LogP contribution in [0.1, 0.15) is 48.2 Å². The van der Waals surface area contributed by atoms with Crippen molar-refractivity contribution in [1.29, 1.82) is 0 Å². The summed E-state index contributed by atoms with van der Waals surface area (Å²) < 4.78 is 62.9. The van der Waals surface area contributed by atoms with Crippen molar-refractivity contribution in [1.82, 2.24) is 0 Å². The van der Waals surface area contributed by atoms with Crippen molar-refractivity contribution in [3.05, 3.63) is 34.9 Å². The van der Waals surface area contributed by atoms with Crippen LogP contribution in [-0.4, -0.2) is 17.9 Å². The molecule has 0 saturated heterocycles. The number of aryl methyl sites for hydroxylation is 2. The molecule has 1 rings (SSSR count). The van der Waals surface area contributed by atoms with Gasteiger partial charge in [-0.2, -0.15) is 22.0 Å². The van der Waals surface area contributed by atoms with E-state index in [9.17, 15) is 26.7 Å². The highest BCUT2D eigenvalue weighted by Crippen LogP contribution is 2.38. The summed E-state index contributed by atoms with van der Waals surface area (Å²) in [4.78, 5) is 11.5. The van der Waals surface area contributed by atoms with E-state index in [1.807, 2.05) is 13.8 Å². The molecule has 1 aromatic rings. The van der Waals surface area contributed by atoms with Crippen molar-refractivity contribution in [3.8, 4) is 0 Å². The number of benzene rings is 1. The first-order valence-corrected chi connectivity index (χ1v) is 6.76. The Balaban J connectivity index is 3.20. The van der Waals surface area contributed by atoms with E-state index in [0.29, 0.717) is 24.8 Å². The van der Waals surface area contributed by atoms with Gasteiger partial charge in [0.05, 0.1) is 0 Å². The van der Waals surface area contributed by atoms with Crippen LogP contribution in [0, 0.1) is 0 Å². The first-order chi connectivity index (χ1) is 9.65. The Hall–Kier alpha value is -1.46. The highest BCUT2D eigenvalue weighted by molar-refractivity contribution is 6.02. The smallest absolute Gasteiger partial charge is 0.287 e. The van der Waals surface area contributed by atoms with E-state index in [2.05, 4.69) is 0 Å². The van der Waals surface area contributed by atoms with Gasteiger partial charge in [-0.25, -0.2) is 0 Å². The van der Waals surface area contributed by atoms with E-state index in [-0.39, 0.29) is 0 Å². The van der Waals surface area contributed by atoms with Crippen LogP contribution in [-0.2, 0) is 12.8 Å². The molecule has 0 radical (unpaired) electrons. The van der Waals surface area contributed by atoms with Gasteiger partial charge in [0.25, 0.3) is 0 Å². The Morgan fingerprint density at radius 3 is 1.95 bits per heavy atom. The van der Waals surface area contributed by atoms with Crippen molar-refractivity contribution in [3.63, 3.8) is 0 Å². The zero-order valence-electron chi connectivity index (χ0n) is 11.9. The van der Waals surface area contributed by atoms with E-state index in [0.717, 1.165) is 24.1 Å². The maximum Gasteiger partial charge on any atom is 0.461 e. The van der Waals surface area contributed by atoms with Gasteiger partial charge in [-0.05, 0) is 30.0 Å². The molecule has 0 amide bonds. The molecule has 0 atom stereocenters. The third-order valence-corrected chi connectivity index (χ3v) is 3.15. The average molecular weight is 308 g/mol. The summed E-state index contributed by atoms with van der Waals surface area (Å²) in [6.07, 6.45) is -3.11. The minimum Gasteiger partial charge on any atom is -0.287 e. The van der Waals surface area contributed by atoms with E-state index < -0.39 is 23.4 Å². The van der Waals surface area contributed by atoms with Gasteiger partial charge in [0.15, 0.2) is 0 Å². The molecule has 0 N–H and O–H groups in total. The molecule has 6 heteroatoms. The van der Waals surface area contributed by atoms with Crippen LogP contribution < -0.4 is 0 Å². The zero-order chi connectivity index (χ0) is 16.3. The second-order valence-electron chi connectivity index (χ2n) is 4.88. The topological polar surface area (TPSA) is 17.1 Å². The largest absolute Gasteiger partial charge is 0.461 e. The Morgan fingerprint density at radius 1 is 0.952 bits per heavy atom. The van der Waals surface area contributed by atoms with Gasteiger partial charge in [0, 0.05) is 5.56 Å². The Labute approximate surface area is 120 Å². The fraction of sp³-hybridized carbons (Fsp3) is 0.533. The van der Waals surface area contributed by atoms with E-state index in [1.165, 1.54) is 6.07 Å². The zero-order valence-corrected chi connectivity index (χ0v) is 11.9. The van der Waals surface area contributed by atoms with Gasteiger partial charge in [0.1, 0.15) is 0 Å². The molecule has 118 valence electrons. The second-order valence-corrected chi connectivity index (χ2v) is 4.88. The lowest BCUT2D eigenvalue weighted by Crippen LogP contribution is -2.44. The maximum atomic E-state index is 13.1. The number of hydrogen-bond donors (Lipinski definition) is 0. The summed E-state index contributed by atoms with van der Waals surface area (Å²) in [5, 5.41) is 0. The number of rotatable bonds is 6. The molecule has 0 bridgehead atoms. The normalized spacial score (nSPS) is 12.5. The van der Waals surface area contributed by atoms with Crippen LogP contribution in [0.2, 0.25) is 0 Å². The van der Waals surface area contributed by atoms with Crippen LogP contribution in [0.4, 0.5) is 22.0 Å². The summed E-state index contributed by atoms with van der Waals surface area (Å²) in [6.45, 7) is 3.81. The Kier molecular flexibility index (Phi) is 5.48. The summed E-state index contributed by atoms with van der Waals surface area (Å²) in [7, 11) is 0. The fourth-order valence-corrected chi connectivity index (χ4v) is 2.09. The molecule has 0 aliphatic carbocycles. The lowest BCUT2D eigenvalue weighted by Gasteiger charge is -2.19. The van der Waals surface area contributed by atoms with E-state index in [1.54, 1.807) is 0 Å². The van der Waals surface area contributed by atoms with Gasteiger partial charge in [-0.1, -0.05) is 38.8 Å². The van der Waals surface area contributed by atoms with Crippen molar-refractivity contribution >= 4 is 5.78 Å². The molecule has 0 unspecified atom stereocenters. The number of alkyl halides is 5. The second kappa shape index (κ2) is 6.54. The molecule has 0 aliphatic rings. The first-order valence-electron chi connectivity index (χ1n) is 6.76. The third kappa shape index (κ3) is 3.80. The fourth-order valence-electron chi connectivity index (χ4n) is 2.09.